The summed E-state index contributed by atoms with van der Waals surface area (Å²) in [5, 5.41) is 7.25. The molecule has 1 heterocycles. The average molecular weight is 731 g/mol. The minimum absolute atomic E-state index is 0.193. The maximum Gasteiger partial charge on any atom is 0.0629 e. The van der Waals surface area contributed by atoms with E-state index in [9.17, 15) is 2.74 Å². The molecule has 0 N–H and O–H groups in total. The van der Waals surface area contributed by atoms with E-state index in [4.69, 9.17) is 0 Å². The second-order valence-corrected chi connectivity index (χ2v) is 15.6. The van der Waals surface area contributed by atoms with E-state index < -0.39 is 0 Å². The molecule has 0 aliphatic heterocycles. The fraction of sp³-hybridized carbons (Fsp3) is 0.0545. The zero-order valence-electron chi connectivity index (χ0n) is 33.9. The largest absolute Gasteiger partial charge is 0.310 e. The van der Waals surface area contributed by atoms with E-state index in [1.165, 1.54) is 60.2 Å². The van der Waals surface area contributed by atoms with Gasteiger partial charge in [-0.3, -0.25) is 0 Å². The van der Waals surface area contributed by atoms with E-state index in [-0.39, 0.29) is 17.5 Å². The fourth-order valence-corrected chi connectivity index (χ4v) is 9.33. The van der Waals surface area contributed by atoms with Crippen LogP contribution in [0.15, 0.2) is 194 Å². The molecule has 0 fully saturated rings. The van der Waals surface area contributed by atoms with Crippen molar-refractivity contribution in [2.75, 3.05) is 4.90 Å². The van der Waals surface area contributed by atoms with Crippen molar-refractivity contribution in [3.8, 4) is 16.8 Å². The second kappa shape index (κ2) is 13.0. The summed E-state index contributed by atoms with van der Waals surface area (Å²) in [5.74, 6) is 0. The van der Waals surface area contributed by atoms with Crippen LogP contribution in [0.4, 0.5) is 17.1 Å². The molecular formula is C55H40N2. The molecule has 0 bridgehead atoms. The van der Waals surface area contributed by atoms with Gasteiger partial charge in [-0.15, -0.1) is 0 Å². The summed E-state index contributed by atoms with van der Waals surface area (Å²) in [4.78, 5) is 2.29. The van der Waals surface area contributed by atoms with Crippen LogP contribution < -0.4 is 4.90 Å². The van der Waals surface area contributed by atoms with Crippen molar-refractivity contribution < 1.29 is 2.74 Å². The van der Waals surface area contributed by atoms with Crippen molar-refractivity contribution in [2.45, 2.75) is 19.3 Å². The number of rotatable bonds is 6. The Morgan fingerprint density at radius 1 is 0.491 bits per heavy atom. The summed E-state index contributed by atoms with van der Waals surface area (Å²) in [6.45, 7) is 4.61. The molecule has 0 unspecified atom stereocenters. The van der Waals surface area contributed by atoms with Crippen molar-refractivity contribution in [3.05, 3.63) is 216 Å². The van der Waals surface area contributed by atoms with Gasteiger partial charge in [-0.05, 0) is 98.1 Å². The molecule has 0 atom stereocenters. The Labute approximate surface area is 336 Å². The number of nitrogens with zero attached hydrogens (tertiary/aromatic N) is 2. The van der Waals surface area contributed by atoms with Crippen molar-refractivity contribution in [1.82, 2.24) is 4.57 Å². The third-order valence-electron chi connectivity index (χ3n) is 11.9. The lowest BCUT2D eigenvalue weighted by molar-refractivity contribution is 0.663. The van der Waals surface area contributed by atoms with Crippen LogP contribution >= 0.6 is 0 Å². The van der Waals surface area contributed by atoms with Gasteiger partial charge in [0, 0.05) is 38.6 Å². The number of hydrogen-bond acceptors (Lipinski definition) is 1. The van der Waals surface area contributed by atoms with Crippen LogP contribution in [-0.4, -0.2) is 4.57 Å². The average Bonchev–Trinajstić information content (AvgIpc) is 3.74. The first-order valence-electron chi connectivity index (χ1n) is 20.7. The maximum atomic E-state index is 9.41. The Balaban J connectivity index is 0.995. The van der Waals surface area contributed by atoms with E-state index >= 15 is 0 Å². The van der Waals surface area contributed by atoms with Crippen molar-refractivity contribution in [2.24, 2.45) is 0 Å². The second-order valence-electron chi connectivity index (χ2n) is 15.6. The molecule has 0 saturated heterocycles. The van der Waals surface area contributed by atoms with Gasteiger partial charge in [0.15, 0.2) is 0 Å². The van der Waals surface area contributed by atoms with E-state index in [0.717, 1.165) is 33.7 Å². The number of para-hydroxylation sites is 3. The Kier molecular flexibility index (Phi) is 7.07. The minimum Gasteiger partial charge on any atom is -0.310 e. The lowest BCUT2D eigenvalue weighted by Crippen LogP contribution is -2.16. The number of fused-ring (bicyclic) bond motifs is 10. The lowest BCUT2D eigenvalue weighted by atomic mass is 9.81. The van der Waals surface area contributed by atoms with Gasteiger partial charge in [-0.2, -0.15) is 0 Å². The lowest BCUT2D eigenvalue weighted by Gasteiger charge is -2.27. The highest BCUT2D eigenvalue weighted by atomic mass is 15.1. The molecule has 2 nitrogen and oxygen atoms in total. The minimum atomic E-state index is -0.348. The van der Waals surface area contributed by atoms with Crippen molar-refractivity contribution >= 4 is 72.5 Å². The molecule has 0 radical (unpaired) electrons. The molecule has 1 aromatic heterocycles. The van der Waals surface area contributed by atoms with Crippen LogP contribution in [-0.2, 0) is 5.41 Å². The van der Waals surface area contributed by atoms with Gasteiger partial charge in [-0.1, -0.05) is 172 Å². The normalized spacial score (nSPS) is 14.0. The Bertz CT molecular complexity index is 3310. The van der Waals surface area contributed by atoms with Crippen LogP contribution in [0.3, 0.4) is 0 Å². The third kappa shape index (κ3) is 5.25. The zero-order valence-corrected chi connectivity index (χ0v) is 31.9. The summed E-state index contributed by atoms with van der Waals surface area (Å²) in [7, 11) is 0. The smallest absolute Gasteiger partial charge is 0.0629 e. The third-order valence-corrected chi connectivity index (χ3v) is 11.9. The van der Waals surface area contributed by atoms with Gasteiger partial charge < -0.3 is 9.47 Å². The van der Waals surface area contributed by atoms with Gasteiger partial charge in [0.2, 0.25) is 0 Å². The molecule has 57 heavy (non-hydrogen) atoms. The molecule has 10 aromatic rings. The number of aromatic nitrogens is 1. The monoisotopic (exact) mass is 730 g/mol. The fourth-order valence-electron chi connectivity index (χ4n) is 9.33. The molecule has 0 amide bonds. The van der Waals surface area contributed by atoms with E-state index in [0.29, 0.717) is 5.56 Å². The van der Waals surface area contributed by atoms with Gasteiger partial charge >= 0.3 is 0 Å². The molecular weight excluding hydrogens is 689 g/mol. The topological polar surface area (TPSA) is 8.17 Å². The highest BCUT2D eigenvalue weighted by Gasteiger charge is 2.38. The number of anilines is 3. The SMILES string of the molecule is [2H]/C(=C(/[2H])c1ccc2c(c1)C(C)(C)c1c-2ccc2c3ccccc3n(-c3ccccc3)c12)c1ccc(N(c2ccccc2)c2cc3ccccc3c3ccccc23)cc1. The molecule has 2 heteroatoms. The van der Waals surface area contributed by atoms with E-state index in [1.807, 2.05) is 24.3 Å². The van der Waals surface area contributed by atoms with E-state index in [2.05, 4.69) is 193 Å². The highest BCUT2D eigenvalue weighted by Crippen LogP contribution is 2.53. The predicted octanol–water partition coefficient (Wildman–Crippen LogP) is 15.0. The Morgan fingerprint density at radius 2 is 1.09 bits per heavy atom. The molecule has 270 valence electrons. The first-order valence-corrected chi connectivity index (χ1v) is 19.7. The summed E-state index contributed by atoms with van der Waals surface area (Å²) < 4.78 is 21.2. The maximum absolute atomic E-state index is 9.41. The number of hydrogen-bond donors (Lipinski definition) is 0. The first kappa shape index (κ1) is 31.1. The van der Waals surface area contributed by atoms with Crippen LogP contribution in [0.5, 0.6) is 0 Å². The number of benzene rings is 9. The van der Waals surface area contributed by atoms with Gasteiger partial charge in [0.05, 0.1) is 19.5 Å². The quantitative estimate of drug-likeness (QED) is 0.122. The Hall–Kier alpha value is -7.16. The predicted molar refractivity (Wildman–Crippen MR) is 243 cm³/mol. The molecule has 1 aliphatic carbocycles. The zero-order chi connectivity index (χ0) is 39.8. The summed E-state index contributed by atoms with van der Waals surface area (Å²) >= 11 is 0. The van der Waals surface area contributed by atoms with Crippen LogP contribution in [0.25, 0.3) is 72.3 Å². The van der Waals surface area contributed by atoms with Crippen LogP contribution in [0.1, 0.15) is 38.8 Å². The molecule has 0 spiro atoms. The molecule has 11 rings (SSSR count). The highest BCUT2D eigenvalue weighted by molar-refractivity contribution is 6.15. The summed E-state index contributed by atoms with van der Waals surface area (Å²) in [6.07, 6.45) is 0. The van der Waals surface area contributed by atoms with Gasteiger partial charge in [-0.25, -0.2) is 0 Å². The van der Waals surface area contributed by atoms with Crippen molar-refractivity contribution in [1.29, 1.82) is 0 Å². The van der Waals surface area contributed by atoms with Gasteiger partial charge in [0.25, 0.3) is 0 Å². The molecule has 0 saturated carbocycles. The Morgan fingerprint density at radius 3 is 1.88 bits per heavy atom. The standard InChI is InChI=1S/C55H40N2/c1-55(2)50-35-38(29-32-45(50)48-33-34-49-47-23-13-14-24-51(47)57(54(49)53(48)55)41-18-7-4-8-19-41)26-25-37-27-30-42(31-28-37)56(40-16-5-3-6-17-40)52-36-39-15-9-10-20-43(39)44-21-11-12-22-46(44)52/h3-36H,1-2H3/b26-25+/i25D,26D. The first-order chi connectivity index (χ1) is 28.9. The van der Waals surface area contributed by atoms with Crippen LogP contribution in [0, 0.1) is 0 Å². The summed E-state index contributed by atoms with van der Waals surface area (Å²) in [6, 6.07) is 68.6. The van der Waals surface area contributed by atoms with Crippen molar-refractivity contribution in [3.63, 3.8) is 0 Å². The van der Waals surface area contributed by atoms with Crippen LogP contribution in [0.2, 0.25) is 0 Å². The molecule has 1 aliphatic rings. The summed E-state index contributed by atoms with van der Waals surface area (Å²) in [5.41, 5.74) is 12.6. The van der Waals surface area contributed by atoms with Gasteiger partial charge in [0.1, 0.15) is 0 Å². The molecule has 9 aromatic carbocycles. The van der Waals surface area contributed by atoms with E-state index in [1.54, 1.807) is 0 Å².